The molecule has 1 aromatic rings. The number of alkyl halides is 2. The molecule has 1 nitrogen and oxygen atoms in total. The first-order valence-corrected chi connectivity index (χ1v) is 8.26. The third-order valence-corrected chi connectivity index (χ3v) is 5.08. The van der Waals surface area contributed by atoms with Crippen LogP contribution in [0.2, 0.25) is 0 Å². The maximum Gasteiger partial charge on any atom is 0.116 e. The highest BCUT2D eigenvalue weighted by molar-refractivity contribution is 7.99. The molecule has 18 heavy (non-hydrogen) atoms. The van der Waals surface area contributed by atoms with Gasteiger partial charge in [-0.05, 0) is 37.1 Å². The van der Waals surface area contributed by atoms with Gasteiger partial charge in [0.2, 0.25) is 0 Å². The van der Waals surface area contributed by atoms with Crippen molar-refractivity contribution in [2.24, 2.45) is 0 Å². The monoisotopic (exact) mass is 303 g/mol. The lowest BCUT2D eigenvalue weighted by Gasteiger charge is -2.26. The summed E-state index contributed by atoms with van der Waals surface area (Å²) < 4.78 is 0. The van der Waals surface area contributed by atoms with E-state index in [4.69, 9.17) is 23.2 Å². The van der Waals surface area contributed by atoms with Gasteiger partial charge in [0, 0.05) is 22.6 Å². The van der Waals surface area contributed by atoms with E-state index < -0.39 is 0 Å². The third-order valence-electron chi connectivity index (χ3n) is 3.44. The van der Waals surface area contributed by atoms with Crippen molar-refractivity contribution in [1.29, 1.82) is 0 Å². The molecule has 1 aliphatic heterocycles. The molecule has 2 rings (SSSR count). The number of fused-ring (bicyclic) bond motifs is 1. The summed E-state index contributed by atoms with van der Waals surface area (Å²) in [6.07, 6.45) is 1.18. The number of benzene rings is 1. The summed E-state index contributed by atoms with van der Waals surface area (Å²) in [4.78, 5) is 1.01. The lowest BCUT2D eigenvalue weighted by Crippen LogP contribution is -2.35. The number of nitrogens with one attached hydrogen (secondary N) is 1. The molecule has 1 aromatic carbocycles. The first kappa shape index (κ1) is 14.5. The van der Waals surface area contributed by atoms with Crippen LogP contribution >= 0.6 is 35.0 Å². The Hall–Kier alpha value is 0.110. The molecule has 1 heterocycles. The second kappa shape index (κ2) is 6.51. The van der Waals surface area contributed by atoms with Crippen LogP contribution in [0, 0.1) is 0 Å². The van der Waals surface area contributed by atoms with Crippen LogP contribution in [0.15, 0.2) is 23.1 Å². The second-order valence-corrected chi connectivity index (χ2v) is 6.97. The fraction of sp³-hybridized carbons (Fsp3) is 0.571. The Bertz CT molecular complexity index is 409. The Labute approximate surface area is 124 Å². The lowest BCUT2D eigenvalue weighted by molar-refractivity contribution is 0.486. The molecule has 100 valence electrons. The summed E-state index contributed by atoms with van der Waals surface area (Å²) in [5.41, 5.74) is 2.70. The SMILES string of the molecule is CCNC(C)C(c1ccc2c(c1)SCC2)C(Cl)Cl. The summed E-state index contributed by atoms with van der Waals surface area (Å²) in [7, 11) is 0. The highest BCUT2D eigenvalue weighted by Crippen LogP contribution is 2.37. The van der Waals surface area contributed by atoms with E-state index in [1.54, 1.807) is 0 Å². The van der Waals surface area contributed by atoms with E-state index in [0.717, 1.165) is 6.54 Å². The maximum atomic E-state index is 6.18. The van der Waals surface area contributed by atoms with Crippen molar-refractivity contribution < 1.29 is 0 Å². The minimum absolute atomic E-state index is 0.139. The maximum absolute atomic E-state index is 6.18. The second-order valence-electron chi connectivity index (χ2n) is 4.67. The van der Waals surface area contributed by atoms with Crippen molar-refractivity contribution in [3.63, 3.8) is 0 Å². The highest BCUT2D eigenvalue weighted by Gasteiger charge is 2.26. The zero-order valence-electron chi connectivity index (χ0n) is 10.7. The van der Waals surface area contributed by atoms with Gasteiger partial charge in [-0.2, -0.15) is 0 Å². The van der Waals surface area contributed by atoms with E-state index in [0.29, 0.717) is 0 Å². The quantitative estimate of drug-likeness (QED) is 0.817. The molecule has 2 atom stereocenters. The molecule has 0 radical (unpaired) electrons. The van der Waals surface area contributed by atoms with Crippen LogP contribution in [0.1, 0.15) is 30.9 Å². The van der Waals surface area contributed by atoms with Gasteiger partial charge in [0.1, 0.15) is 4.84 Å². The lowest BCUT2D eigenvalue weighted by atomic mass is 9.93. The minimum Gasteiger partial charge on any atom is -0.314 e. The van der Waals surface area contributed by atoms with Crippen molar-refractivity contribution in [1.82, 2.24) is 5.32 Å². The molecule has 0 aromatic heterocycles. The third kappa shape index (κ3) is 3.16. The molecule has 0 bridgehead atoms. The summed E-state index contributed by atoms with van der Waals surface area (Å²) in [6.45, 7) is 5.17. The summed E-state index contributed by atoms with van der Waals surface area (Å²) >= 11 is 14.3. The molecule has 2 unspecified atom stereocenters. The first-order chi connectivity index (χ1) is 8.63. The smallest absolute Gasteiger partial charge is 0.116 e. The van der Waals surface area contributed by atoms with Gasteiger partial charge >= 0.3 is 0 Å². The zero-order chi connectivity index (χ0) is 13.1. The predicted molar refractivity (Wildman–Crippen MR) is 82.2 cm³/mol. The van der Waals surface area contributed by atoms with Gasteiger partial charge in [-0.15, -0.1) is 35.0 Å². The van der Waals surface area contributed by atoms with Crippen LogP contribution in [0.25, 0.3) is 0 Å². The fourth-order valence-electron chi connectivity index (χ4n) is 2.49. The van der Waals surface area contributed by atoms with E-state index >= 15 is 0 Å². The number of hydrogen-bond donors (Lipinski definition) is 1. The van der Waals surface area contributed by atoms with E-state index in [1.165, 1.54) is 28.2 Å². The average molecular weight is 304 g/mol. The van der Waals surface area contributed by atoms with Crippen molar-refractivity contribution in [2.45, 2.75) is 42.0 Å². The Morgan fingerprint density at radius 1 is 1.39 bits per heavy atom. The molecular formula is C14H19Cl2NS. The molecule has 0 saturated heterocycles. The molecule has 0 saturated carbocycles. The van der Waals surface area contributed by atoms with Crippen molar-refractivity contribution >= 4 is 35.0 Å². The van der Waals surface area contributed by atoms with Crippen LogP contribution in [-0.4, -0.2) is 23.2 Å². The number of rotatable bonds is 5. The molecular weight excluding hydrogens is 285 g/mol. The highest BCUT2D eigenvalue weighted by atomic mass is 35.5. The molecule has 1 aliphatic rings. The number of thioether (sulfide) groups is 1. The minimum atomic E-state index is -0.386. The van der Waals surface area contributed by atoms with Gasteiger partial charge in [-0.25, -0.2) is 0 Å². The van der Waals surface area contributed by atoms with Gasteiger partial charge in [-0.1, -0.05) is 19.1 Å². The number of likely N-dealkylation sites (N-methyl/N-ethyl adjacent to an activating group) is 1. The largest absolute Gasteiger partial charge is 0.314 e. The van der Waals surface area contributed by atoms with Gasteiger partial charge in [0.05, 0.1) is 0 Å². The van der Waals surface area contributed by atoms with Crippen LogP contribution in [0.3, 0.4) is 0 Å². The van der Waals surface area contributed by atoms with Crippen molar-refractivity contribution in [3.8, 4) is 0 Å². The predicted octanol–water partition coefficient (Wildman–Crippen LogP) is 4.22. The standard InChI is InChI=1S/C14H19Cl2NS/c1-3-17-9(2)13(14(15)16)11-5-4-10-6-7-18-12(10)8-11/h4-5,8-9,13-14,17H,3,6-7H2,1-2H3. The van der Waals surface area contributed by atoms with Crippen molar-refractivity contribution in [3.05, 3.63) is 29.3 Å². The van der Waals surface area contributed by atoms with E-state index in [2.05, 4.69) is 37.4 Å². The normalized spacial score (nSPS) is 17.8. The molecule has 0 amide bonds. The summed E-state index contributed by atoms with van der Waals surface area (Å²) in [5, 5.41) is 3.42. The summed E-state index contributed by atoms with van der Waals surface area (Å²) in [6, 6.07) is 6.95. The van der Waals surface area contributed by atoms with Crippen LogP contribution in [-0.2, 0) is 6.42 Å². The van der Waals surface area contributed by atoms with Gasteiger partial charge in [-0.3, -0.25) is 0 Å². The van der Waals surface area contributed by atoms with E-state index in [9.17, 15) is 0 Å². The van der Waals surface area contributed by atoms with E-state index in [-0.39, 0.29) is 16.8 Å². The fourth-order valence-corrected chi connectivity index (χ4v) is 4.34. The molecule has 0 fully saturated rings. The molecule has 4 heteroatoms. The van der Waals surface area contributed by atoms with Gasteiger partial charge in [0.25, 0.3) is 0 Å². The van der Waals surface area contributed by atoms with Gasteiger partial charge < -0.3 is 5.32 Å². The Balaban J connectivity index is 2.25. The number of aryl methyl sites for hydroxylation is 1. The topological polar surface area (TPSA) is 12.0 Å². The Kier molecular flexibility index (Phi) is 5.25. The van der Waals surface area contributed by atoms with Crippen LogP contribution in [0.4, 0.5) is 0 Å². The Morgan fingerprint density at radius 2 is 2.17 bits per heavy atom. The first-order valence-electron chi connectivity index (χ1n) is 6.40. The Morgan fingerprint density at radius 3 is 2.83 bits per heavy atom. The summed E-state index contributed by atoms with van der Waals surface area (Å²) in [5.74, 6) is 1.33. The molecule has 0 spiro atoms. The zero-order valence-corrected chi connectivity index (χ0v) is 13.1. The van der Waals surface area contributed by atoms with Crippen LogP contribution < -0.4 is 5.32 Å². The van der Waals surface area contributed by atoms with E-state index in [1.807, 2.05) is 11.8 Å². The van der Waals surface area contributed by atoms with Gasteiger partial charge in [0.15, 0.2) is 0 Å². The average Bonchev–Trinajstić information content (AvgIpc) is 2.76. The van der Waals surface area contributed by atoms with Crippen molar-refractivity contribution in [2.75, 3.05) is 12.3 Å². The molecule has 0 aliphatic carbocycles. The van der Waals surface area contributed by atoms with Crippen LogP contribution in [0.5, 0.6) is 0 Å². The number of halogens is 2. The molecule has 1 N–H and O–H groups in total. The number of hydrogen-bond acceptors (Lipinski definition) is 2.